The number of ether oxygens (including phenoxy) is 2. The lowest BCUT2D eigenvalue weighted by Crippen LogP contribution is -2.41. The molecule has 0 saturated carbocycles. The third-order valence-corrected chi connectivity index (χ3v) is 5.48. The predicted molar refractivity (Wildman–Crippen MR) is 104 cm³/mol. The van der Waals surface area contributed by atoms with E-state index in [1.54, 1.807) is 13.0 Å². The Kier molecular flexibility index (Phi) is 5.15. The Hall–Kier alpha value is -2.89. The zero-order valence-electron chi connectivity index (χ0n) is 16.6. The number of rotatable bonds is 4. The lowest BCUT2D eigenvalue weighted by Gasteiger charge is -2.37. The molecular weight excluding hydrogens is 360 g/mol. The van der Waals surface area contributed by atoms with Gasteiger partial charge >= 0.3 is 5.97 Å². The summed E-state index contributed by atoms with van der Waals surface area (Å²) >= 11 is 0. The van der Waals surface area contributed by atoms with Gasteiger partial charge < -0.3 is 24.8 Å². The van der Waals surface area contributed by atoms with Crippen LogP contribution in [0.3, 0.4) is 0 Å². The van der Waals surface area contributed by atoms with Gasteiger partial charge in [-0.15, -0.1) is 0 Å². The van der Waals surface area contributed by atoms with Gasteiger partial charge in [0.2, 0.25) is 0 Å². The van der Waals surface area contributed by atoms with Crippen LogP contribution >= 0.6 is 0 Å². The molecule has 6 heteroatoms. The van der Waals surface area contributed by atoms with Gasteiger partial charge in [-0.05, 0) is 61.9 Å². The van der Waals surface area contributed by atoms with Crippen LogP contribution < -0.4 is 4.74 Å². The van der Waals surface area contributed by atoms with E-state index in [1.807, 2.05) is 20.8 Å². The first-order chi connectivity index (χ1) is 13.1. The van der Waals surface area contributed by atoms with Crippen molar-refractivity contribution in [2.24, 2.45) is 0 Å². The normalized spacial score (nSPS) is 18.3. The number of hydrogen-bond acceptors (Lipinski definition) is 6. The van der Waals surface area contributed by atoms with Crippen molar-refractivity contribution in [1.29, 1.82) is 0 Å². The van der Waals surface area contributed by atoms with Crippen LogP contribution in [0.4, 0.5) is 0 Å². The van der Waals surface area contributed by atoms with E-state index in [1.165, 1.54) is 12.1 Å². The summed E-state index contributed by atoms with van der Waals surface area (Å²) in [7, 11) is 0. The Morgan fingerprint density at radius 1 is 1.14 bits per heavy atom. The number of carbonyl (C=O) groups is 1. The second-order valence-corrected chi connectivity index (χ2v) is 7.55. The van der Waals surface area contributed by atoms with Crippen molar-refractivity contribution in [3.05, 3.63) is 46.0 Å². The molecule has 0 radical (unpaired) electrons. The van der Waals surface area contributed by atoms with E-state index in [-0.39, 0.29) is 23.7 Å². The molecule has 28 heavy (non-hydrogen) atoms. The molecule has 0 spiro atoms. The average molecular weight is 386 g/mol. The minimum Gasteiger partial charge on any atom is -0.508 e. The fourth-order valence-electron chi connectivity index (χ4n) is 3.59. The largest absolute Gasteiger partial charge is 0.508 e. The summed E-state index contributed by atoms with van der Waals surface area (Å²) in [6.45, 7) is 7.32. The molecule has 0 aliphatic carbocycles. The van der Waals surface area contributed by atoms with Crippen LogP contribution in [0.5, 0.6) is 23.0 Å². The lowest BCUT2D eigenvalue weighted by atomic mass is 9.91. The first-order valence-corrected chi connectivity index (χ1v) is 9.34. The molecule has 0 saturated heterocycles. The minimum absolute atomic E-state index is 0.0300. The zero-order chi connectivity index (χ0) is 20.6. The number of carbonyl (C=O) groups excluding carboxylic acids is 1. The second-order valence-electron chi connectivity index (χ2n) is 7.55. The topological polar surface area (TPSA) is 96.2 Å². The van der Waals surface area contributed by atoms with Gasteiger partial charge in [-0.1, -0.05) is 6.07 Å². The van der Waals surface area contributed by atoms with E-state index in [0.29, 0.717) is 30.6 Å². The first-order valence-electron chi connectivity index (χ1n) is 9.34. The summed E-state index contributed by atoms with van der Waals surface area (Å²) in [6, 6.07) is 4.28. The molecule has 1 heterocycles. The SMILES string of the molecule is Cc1c(C)c2c(c(C)c1O)CCC(C)(OC(=O)CCc1ccc(O)cc1O)O2. The highest BCUT2D eigenvalue weighted by atomic mass is 16.7. The summed E-state index contributed by atoms with van der Waals surface area (Å²) in [5.41, 5.74) is 3.91. The monoisotopic (exact) mass is 386 g/mol. The third-order valence-electron chi connectivity index (χ3n) is 5.48. The summed E-state index contributed by atoms with van der Waals surface area (Å²) in [4.78, 5) is 12.4. The van der Waals surface area contributed by atoms with E-state index in [4.69, 9.17) is 9.47 Å². The van der Waals surface area contributed by atoms with Gasteiger partial charge in [0, 0.05) is 31.4 Å². The van der Waals surface area contributed by atoms with E-state index in [0.717, 1.165) is 22.3 Å². The molecule has 0 bridgehead atoms. The van der Waals surface area contributed by atoms with Crippen molar-refractivity contribution in [3.63, 3.8) is 0 Å². The van der Waals surface area contributed by atoms with Crippen LogP contribution in [0.2, 0.25) is 0 Å². The van der Waals surface area contributed by atoms with Gasteiger partial charge in [-0.25, -0.2) is 0 Å². The molecule has 150 valence electrons. The molecule has 2 aromatic rings. The Morgan fingerprint density at radius 3 is 2.54 bits per heavy atom. The fourth-order valence-corrected chi connectivity index (χ4v) is 3.59. The second kappa shape index (κ2) is 7.26. The molecule has 0 aromatic heterocycles. The fraction of sp³-hybridized carbons (Fsp3) is 0.409. The molecular formula is C22H26O6. The van der Waals surface area contributed by atoms with Crippen molar-refractivity contribution in [2.75, 3.05) is 0 Å². The zero-order valence-corrected chi connectivity index (χ0v) is 16.6. The highest BCUT2D eigenvalue weighted by Crippen LogP contribution is 2.43. The molecule has 1 unspecified atom stereocenters. The molecule has 2 aromatic carbocycles. The van der Waals surface area contributed by atoms with Gasteiger partial charge in [0.15, 0.2) is 0 Å². The van der Waals surface area contributed by atoms with Gasteiger partial charge in [-0.2, -0.15) is 0 Å². The van der Waals surface area contributed by atoms with Gasteiger partial charge in [-0.3, -0.25) is 4.79 Å². The highest BCUT2D eigenvalue weighted by Gasteiger charge is 2.37. The van der Waals surface area contributed by atoms with Gasteiger partial charge in [0.25, 0.3) is 5.79 Å². The Bertz CT molecular complexity index is 933. The van der Waals surface area contributed by atoms with Gasteiger partial charge in [0.1, 0.15) is 23.0 Å². The van der Waals surface area contributed by atoms with E-state index < -0.39 is 11.8 Å². The average Bonchev–Trinajstić information content (AvgIpc) is 2.63. The third kappa shape index (κ3) is 3.72. The van der Waals surface area contributed by atoms with Crippen molar-refractivity contribution in [1.82, 2.24) is 0 Å². The van der Waals surface area contributed by atoms with E-state index in [2.05, 4.69) is 0 Å². The molecule has 3 rings (SSSR count). The maximum Gasteiger partial charge on any atom is 0.309 e. The van der Waals surface area contributed by atoms with E-state index >= 15 is 0 Å². The summed E-state index contributed by atoms with van der Waals surface area (Å²) < 4.78 is 11.7. The van der Waals surface area contributed by atoms with Crippen LogP contribution in [-0.4, -0.2) is 27.1 Å². The van der Waals surface area contributed by atoms with Crippen LogP contribution in [0.25, 0.3) is 0 Å². The van der Waals surface area contributed by atoms with Crippen molar-refractivity contribution < 1.29 is 29.6 Å². The molecule has 1 atom stereocenters. The number of aryl methyl sites for hydroxylation is 1. The first kappa shape index (κ1) is 19.9. The maximum atomic E-state index is 12.4. The standard InChI is InChI=1S/C22H26O6/c1-12-13(2)21-17(14(3)20(12)26)9-10-22(4,28-21)27-19(25)8-6-15-5-7-16(23)11-18(15)24/h5,7,11,23-24,26H,6,8-10H2,1-4H3. The Morgan fingerprint density at radius 2 is 1.86 bits per heavy atom. The minimum atomic E-state index is -1.08. The van der Waals surface area contributed by atoms with Crippen LogP contribution in [-0.2, 0) is 22.4 Å². The molecule has 1 aliphatic heterocycles. The van der Waals surface area contributed by atoms with Crippen LogP contribution in [0.1, 0.15) is 47.6 Å². The number of hydrogen-bond donors (Lipinski definition) is 3. The van der Waals surface area contributed by atoms with Gasteiger partial charge in [0.05, 0.1) is 0 Å². The lowest BCUT2D eigenvalue weighted by molar-refractivity contribution is -0.197. The Labute approximate surface area is 164 Å². The Balaban J connectivity index is 1.70. The van der Waals surface area contributed by atoms with Crippen LogP contribution in [0, 0.1) is 20.8 Å². The number of fused-ring (bicyclic) bond motifs is 1. The quantitative estimate of drug-likeness (QED) is 0.689. The molecule has 3 N–H and O–H groups in total. The number of phenols is 3. The predicted octanol–water partition coefficient (Wildman–Crippen LogP) is 3.95. The number of esters is 1. The van der Waals surface area contributed by atoms with Crippen molar-refractivity contribution >= 4 is 5.97 Å². The van der Waals surface area contributed by atoms with Crippen molar-refractivity contribution in [3.8, 4) is 23.0 Å². The number of aromatic hydroxyl groups is 3. The van der Waals surface area contributed by atoms with Crippen LogP contribution in [0.15, 0.2) is 18.2 Å². The maximum absolute atomic E-state index is 12.4. The summed E-state index contributed by atoms with van der Waals surface area (Å²) in [5.74, 6) is -0.634. The smallest absolute Gasteiger partial charge is 0.309 e. The number of phenolic OH excluding ortho intramolecular Hbond substituents is 3. The van der Waals surface area contributed by atoms with Crippen molar-refractivity contribution in [2.45, 2.75) is 59.2 Å². The molecule has 0 amide bonds. The molecule has 1 aliphatic rings. The molecule has 0 fully saturated rings. The highest BCUT2D eigenvalue weighted by molar-refractivity contribution is 5.70. The van der Waals surface area contributed by atoms with E-state index in [9.17, 15) is 20.1 Å². The summed E-state index contributed by atoms with van der Waals surface area (Å²) in [5, 5.41) is 29.4. The number of benzene rings is 2. The molecule has 6 nitrogen and oxygen atoms in total. The summed E-state index contributed by atoms with van der Waals surface area (Å²) in [6.07, 6.45) is 1.50.